The maximum Gasteiger partial charge on any atom is 0.251 e. The van der Waals surface area contributed by atoms with Gasteiger partial charge in [0.25, 0.3) is 5.91 Å². The summed E-state index contributed by atoms with van der Waals surface area (Å²) in [6.07, 6.45) is 0.222. The smallest absolute Gasteiger partial charge is 0.251 e. The lowest BCUT2D eigenvalue weighted by atomic mass is 10.1. The number of carbonyl (C=O) groups excluding carboxylic acids is 2. The maximum absolute atomic E-state index is 11.9. The Morgan fingerprint density at radius 2 is 1.95 bits per heavy atom. The van der Waals surface area contributed by atoms with Gasteiger partial charge in [-0.25, -0.2) is 0 Å². The quantitative estimate of drug-likeness (QED) is 0.884. The minimum atomic E-state index is -0.550. The largest absolute Gasteiger partial charge is 0.497 e. The number of carbonyl (C=O) groups is 2. The lowest BCUT2D eigenvalue weighted by Crippen LogP contribution is -2.17. The molecule has 104 valence electrons. The highest BCUT2D eigenvalue weighted by atomic mass is 32.1. The summed E-state index contributed by atoms with van der Waals surface area (Å²) in [5.74, 6) is -0.00505. The number of thiophene rings is 1. The third-order valence-electron chi connectivity index (χ3n) is 2.71. The Morgan fingerprint density at radius 3 is 2.55 bits per heavy atom. The van der Waals surface area contributed by atoms with E-state index in [0.717, 1.165) is 11.3 Å². The number of amides is 2. The van der Waals surface area contributed by atoms with Gasteiger partial charge in [0.2, 0.25) is 5.91 Å². The lowest BCUT2D eigenvalue weighted by molar-refractivity contribution is -0.115. The predicted molar refractivity (Wildman–Crippen MR) is 78.2 cm³/mol. The molecule has 0 fully saturated rings. The van der Waals surface area contributed by atoms with E-state index in [9.17, 15) is 9.59 Å². The van der Waals surface area contributed by atoms with Crippen molar-refractivity contribution in [3.8, 4) is 5.75 Å². The van der Waals surface area contributed by atoms with Gasteiger partial charge in [0, 0.05) is 0 Å². The summed E-state index contributed by atoms with van der Waals surface area (Å²) in [4.78, 5) is 23.1. The predicted octanol–water partition coefficient (Wildman–Crippen LogP) is 2.04. The first-order valence-corrected chi connectivity index (χ1v) is 6.78. The van der Waals surface area contributed by atoms with Gasteiger partial charge >= 0.3 is 0 Å². The average molecular weight is 290 g/mol. The summed E-state index contributed by atoms with van der Waals surface area (Å²) in [6.45, 7) is 0. The van der Waals surface area contributed by atoms with Gasteiger partial charge in [-0.05, 0) is 29.1 Å². The fourth-order valence-corrected chi connectivity index (χ4v) is 2.51. The molecule has 0 saturated carbocycles. The molecule has 0 saturated heterocycles. The van der Waals surface area contributed by atoms with Crippen molar-refractivity contribution in [1.29, 1.82) is 0 Å². The van der Waals surface area contributed by atoms with Crippen LogP contribution in [0.5, 0.6) is 5.75 Å². The molecule has 0 aliphatic carbocycles. The first kappa shape index (κ1) is 14.1. The third-order valence-corrected chi connectivity index (χ3v) is 3.54. The van der Waals surface area contributed by atoms with Crippen LogP contribution in [0.1, 0.15) is 15.9 Å². The Morgan fingerprint density at radius 1 is 1.25 bits per heavy atom. The molecule has 5 nitrogen and oxygen atoms in total. The summed E-state index contributed by atoms with van der Waals surface area (Å²) >= 11 is 1.27. The molecule has 2 rings (SSSR count). The molecule has 0 radical (unpaired) electrons. The molecule has 0 aliphatic rings. The molecule has 0 bridgehead atoms. The molecule has 0 aliphatic heterocycles. The summed E-state index contributed by atoms with van der Waals surface area (Å²) < 4.78 is 5.05. The van der Waals surface area contributed by atoms with Crippen LogP contribution in [0.3, 0.4) is 0 Å². The van der Waals surface area contributed by atoms with E-state index in [0.29, 0.717) is 10.6 Å². The first-order valence-electron chi connectivity index (χ1n) is 5.90. The fraction of sp³-hybridized carbons (Fsp3) is 0.143. The molecule has 1 aromatic heterocycles. The number of nitrogens with one attached hydrogen (secondary N) is 1. The van der Waals surface area contributed by atoms with Crippen LogP contribution >= 0.6 is 11.3 Å². The van der Waals surface area contributed by atoms with E-state index >= 15 is 0 Å². The minimum Gasteiger partial charge on any atom is -0.497 e. The molecular formula is C14H14N2O3S. The van der Waals surface area contributed by atoms with E-state index in [2.05, 4.69) is 5.32 Å². The van der Waals surface area contributed by atoms with Crippen LogP contribution in [0, 0.1) is 0 Å². The van der Waals surface area contributed by atoms with Crippen LogP contribution < -0.4 is 15.8 Å². The van der Waals surface area contributed by atoms with Crippen molar-refractivity contribution in [2.75, 3.05) is 12.4 Å². The van der Waals surface area contributed by atoms with Crippen molar-refractivity contribution in [3.05, 3.63) is 46.8 Å². The van der Waals surface area contributed by atoms with E-state index in [1.165, 1.54) is 11.3 Å². The highest BCUT2D eigenvalue weighted by Gasteiger charge is 2.12. The Labute approximate surface area is 120 Å². The number of nitrogens with two attached hydrogens (primary N) is 1. The average Bonchev–Trinajstić information content (AvgIpc) is 2.87. The molecule has 3 N–H and O–H groups in total. The van der Waals surface area contributed by atoms with E-state index in [4.69, 9.17) is 10.5 Å². The van der Waals surface area contributed by atoms with Crippen LogP contribution in [-0.4, -0.2) is 18.9 Å². The third kappa shape index (κ3) is 3.36. The minimum absolute atomic E-state index is 0.194. The van der Waals surface area contributed by atoms with E-state index < -0.39 is 5.91 Å². The Hall–Kier alpha value is -2.34. The highest BCUT2D eigenvalue weighted by Crippen LogP contribution is 2.23. The van der Waals surface area contributed by atoms with Crippen LogP contribution in [0.2, 0.25) is 0 Å². The van der Waals surface area contributed by atoms with Crippen molar-refractivity contribution >= 4 is 28.2 Å². The van der Waals surface area contributed by atoms with Gasteiger partial charge in [-0.15, -0.1) is 11.3 Å². The Bertz CT molecular complexity index is 620. The summed E-state index contributed by atoms with van der Waals surface area (Å²) in [6, 6.07) is 8.82. The number of primary amides is 1. The highest BCUT2D eigenvalue weighted by molar-refractivity contribution is 7.14. The van der Waals surface area contributed by atoms with Crippen LogP contribution in [0.15, 0.2) is 35.7 Å². The van der Waals surface area contributed by atoms with Crippen LogP contribution in [0.4, 0.5) is 5.00 Å². The van der Waals surface area contributed by atoms with Gasteiger partial charge in [-0.1, -0.05) is 12.1 Å². The topological polar surface area (TPSA) is 81.4 Å². The number of anilines is 1. The molecule has 2 aromatic rings. The van der Waals surface area contributed by atoms with Crippen molar-refractivity contribution < 1.29 is 14.3 Å². The number of rotatable bonds is 5. The normalized spacial score (nSPS) is 10.1. The van der Waals surface area contributed by atoms with Gasteiger partial charge < -0.3 is 15.8 Å². The second kappa shape index (κ2) is 6.21. The van der Waals surface area contributed by atoms with Crippen molar-refractivity contribution in [2.24, 2.45) is 5.73 Å². The molecule has 0 atom stereocenters. The molecule has 6 heteroatoms. The monoisotopic (exact) mass is 290 g/mol. The molecule has 0 unspecified atom stereocenters. The van der Waals surface area contributed by atoms with Crippen molar-refractivity contribution in [3.63, 3.8) is 0 Å². The zero-order chi connectivity index (χ0) is 14.5. The van der Waals surface area contributed by atoms with E-state index in [1.807, 2.05) is 12.1 Å². The maximum atomic E-state index is 11.9. The van der Waals surface area contributed by atoms with Gasteiger partial charge in [-0.2, -0.15) is 0 Å². The molecule has 2 amide bonds. The summed E-state index contributed by atoms with van der Waals surface area (Å²) in [5, 5.41) is 4.89. The van der Waals surface area contributed by atoms with E-state index in [1.54, 1.807) is 30.7 Å². The molecule has 20 heavy (non-hydrogen) atoms. The van der Waals surface area contributed by atoms with Gasteiger partial charge in [0.05, 0.1) is 19.1 Å². The zero-order valence-corrected chi connectivity index (χ0v) is 11.7. The van der Waals surface area contributed by atoms with E-state index in [-0.39, 0.29) is 12.3 Å². The molecule has 0 spiro atoms. The fourth-order valence-electron chi connectivity index (χ4n) is 1.70. The first-order chi connectivity index (χ1) is 9.60. The van der Waals surface area contributed by atoms with Crippen molar-refractivity contribution in [2.45, 2.75) is 6.42 Å². The number of methoxy groups -OCH3 is 1. The van der Waals surface area contributed by atoms with Crippen LogP contribution in [-0.2, 0) is 11.2 Å². The van der Waals surface area contributed by atoms with Gasteiger partial charge in [-0.3, -0.25) is 9.59 Å². The number of ether oxygens (including phenoxy) is 1. The molecule has 1 aromatic carbocycles. The summed E-state index contributed by atoms with van der Waals surface area (Å²) in [5.41, 5.74) is 6.41. The summed E-state index contributed by atoms with van der Waals surface area (Å²) in [7, 11) is 1.59. The standard InChI is InChI=1S/C14H14N2O3S/c1-19-10-4-2-9(3-5-10)8-12(17)16-14-11(13(15)18)6-7-20-14/h2-7H,8H2,1H3,(H2,15,18)(H,16,17). The Balaban J connectivity index is 2.01. The van der Waals surface area contributed by atoms with Gasteiger partial charge in [0.15, 0.2) is 0 Å². The SMILES string of the molecule is COc1ccc(CC(=O)Nc2sccc2C(N)=O)cc1. The number of hydrogen-bond acceptors (Lipinski definition) is 4. The number of hydrogen-bond donors (Lipinski definition) is 2. The van der Waals surface area contributed by atoms with Gasteiger partial charge in [0.1, 0.15) is 10.8 Å². The lowest BCUT2D eigenvalue weighted by Gasteiger charge is -2.05. The van der Waals surface area contributed by atoms with Crippen molar-refractivity contribution in [1.82, 2.24) is 0 Å². The Kier molecular flexibility index (Phi) is 4.37. The molecular weight excluding hydrogens is 276 g/mol. The molecule has 1 heterocycles. The second-order valence-electron chi connectivity index (χ2n) is 4.10. The second-order valence-corrected chi connectivity index (χ2v) is 5.02. The number of benzene rings is 1. The zero-order valence-electron chi connectivity index (χ0n) is 10.9. The van der Waals surface area contributed by atoms with Crippen LogP contribution in [0.25, 0.3) is 0 Å².